The van der Waals surface area contributed by atoms with Gasteiger partial charge < -0.3 is 20.1 Å². The van der Waals surface area contributed by atoms with Crippen LogP contribution in [0.25, 0.3) is 11.1 Å². The van der Waals surface area contributed by atoms with E-state index in [-0.39, 0.29) is 31.4 Å². The summed E-state index contributed by atoms with van der Waals surface area (Å²) in [5.74, 6) is -1.44. The summed E-state index contributed by atoms with van der Waals surface area (Å²) in [5.41, 5.74) is 4.02. The zero-order valence-electron chi connectivity index (χ0n) is 19.0. The zero-order valence-corrected chi connectivity index (χ0v) is 19.0. The minimum absolute atomic E-state index is 0.00909. The molecule has 1 fully saturated rings. The number of carbonyl (C=O) groups excluding carboxylic acids is 2. The largest absolute Gasteiger partial charge is 0.481 e. The highest BCUT2D eigenvalue weighted by molar-refractivity contribution is 5.80. The van der Waals surface area contributed by atoms with E-state index in [0.29, 0.717) is 19.4 Å². The van der Waals surface area contributed by atoms with Crippen molar-refractivity contribution < 1.29 is 24.2 Å². The predicted molar refractivity (Wildman–Crippen MR) is 124 cm³/mol. The van der Waals surface area contributed by atoms with Crippen molar-refractivity contribution in [3.63, 3.8) is 0 Å². The van der Waals surface area contributed by atoms with Gasteiger partial charge in [-0.25, -0.2) is 4.79 Å². The van der Waals surface area contributed by atoms with Gasteiger partial charge in [-0.1, -0.05) is 48.5 Å². The van der Waals surface area contributed by atoms with Crippen molar-refractivity contribution >= 4 is 18.0 Å². The first-order valence-corrected chi connectivity index (χ1v) is 11.4. The number of carboxylic acid groups (broad SMARTS) is 1. The van der Waals surface area contributed by atoms with Gasteiger partial charge in [-0.15, -0.1) is 0 Å². The number of fused-ring (bicyclic) bond motifs is 3. The Balaban J connectivity index is 1.29. The Morgan fingerprint density at radius 3 is 2.24 bits per heavy atom. The monoisotopic (exact) mass is 450 g/mol. The van der Waals surface area contributed by atoms with E-state index in [1.807, 2.05) is 38.1 Å². The Bertz CT molecular complexity index is 1020. The first kappa shape index (κ1) is 22.8. The van der Waals surface area contributed by atoms with Crippen molar-refractivity contribution in [2.75, 3.05) is 19.7 Å². The van der Waals surface area contributed by atoms with Crippen LogP contribution in [0.3, 0.4) is 0 Å². The molecule has 0 radical (unpaired) electrons. The topological polar surface area (TPSA) is 95.9 Å². The first-order chi connectivity index (χ1) is 15.7. The second-order valence-electron chi connectivity index (χ2n) is 9.50. The molecule has 0 spiro atoms. The summed E-state index contributed by atoms with van der Waals surface area (Å²) >= 11 is 0. The quantitative estimate of drug-likeness (QED) is 0.664. The molecule has 2 N–H and O–H groups in total. The zero-order chi connectivity index (χ0) is 23.6. The third kappa shape index (κ3) is 5.02. The summed E-state index contributed by atoms with van der Waals surface area (Å²) in [6, 6.07) is 16.3. The highest BCUT2D eigenvalue weighted by Crippen LogP contribution is 2.44. The van der Waals surface area contributed by atoms with Crippen LogP contribution in [0.1, 0.15) is 50.2 Å². The van der Waals surface area contributed by atoms with Gasteiger partial charge in [0.15, 0.2) is 0 Å². The van der Waals surface area contributed by atoms with E-state index < -0.39 is 23.5 Å². The molecule has 1 aliphatic heterocycles. The van der Waals surface area contributed by atoms with Crippen LogP contribution in [0.15, 0.2) is 48.5 Å². The number of amides is 2. The smallest absolute Gasteiger partial charge is 0.407 e. The predicted octanol–water partition coefficient (Wildman–Crippen LogP) is 4.02. The molecule has 2 aliphatic rings. The number of hydrogen-bond donors (Lipinski definition) is 2. The van der Waals surface area contributed by atoms with Gasteiger partial charge in [0, 0.05) is 31.0 Å². The van der Waals surface area contributed by atoms with Crippen LogP contribution in [0.5, 0.6) is 0 Å². The maximum Gasteiger partial charge on any atom is 0.407 e. The highest BCUT2D eigenvalue weighted by atomic mass is 16.5. The molecular weight excluding hydrogens is 420 g/mol. The lowest BCUT2D eigenvalue weighted by molar-refractivity contribution is -0.141. The average molecular weight is 451 g/mol. The van der Waals surface area contributed by atoms with Crippen LogP contribution in [0.4, 0.5) is 4.79 Å². The van der Waals surface area contributed by atoms with Gasteiger partial charge in [0.25, 0.3) is 0 Å². The summed E-state index contributed by atoms with van der Waals surface area (Å²) in [5, 5.41) is 12.0. The van der Waals surface area contributed by atoms with Crippen molar-refractivity contribution in [3.8, 4) is 11.1 Å². The normalized spacial score (nSPS) is 17.4. The molecule has 0 saturated carbocycles. The summed E-state index contributed by atoms with van der Waals surface area (Å²) < 4.78 is 5.61. The molecule has 4 rings (SSSR count). The van der Waals surface area contributed by atoms with E-state index >= 15 is 0 Å². The summed E-state index contributed by atoms with van der Waals surface area (Å²) in [4.78, 5) is 37.7. The number of carbonyl (C=O) groups is 3. The van der Waals surface area contributed by atoms with Gasteiger partial charge in [-0.2, -0.15) is 0 Å². The van der Waals surface area contributed by atoms with Gasteiger partial charge in [0.05, 0.1) is 5.92 Å². The Hall–Kier alpha value is -3.35. The number of likely N-dealkylation sites (tertiary alicyclic amines) is 1. The molecule has 1 saturated heterocycles. The van der Waals surface area contributed by atoms with Gasteiger partial charge in [0.1, 0.15) is 6.61 Å². The summed E-state index contributed by atoms with van der Waals surface area (Å²) in [7, 11) is 0. The minimum Gasteiger partial charge on any atom is -0.481 e. The fourth-order valence-electron chi connectivity index (χ4n) is 4.74. The van der Waals surface area contributed by atoms with E-state index in [2.05, 4.69) is 29.6 Å². The number of rotatable bonds is 7. The van der Waals surface area contributed by atoms with Gasteiger partial charge in [0.2, 0.25) is 5.91 Å². The molecule has 33 heavy (non-hydrogen) atoms. The second kappa shape index (κ2) is 9.25. The number of ether oxygens (including phenoxy) is 1. The van der Waals surface area contributed by atoms with E-state index in [4.69, 9.17) is 9.84 Å². The third-order valence-corrected chi connectivity index (χ3v) is 6.64. The summed E-state index contributed by atoms with van der Waals surface area (Å²) in [6.07, 6.45) is 0.650. The average Bonchev–Trinajstić information content (AvgIpc) is 3.40. The number of nitrogens with one attached hydrogen (secondary N) is 1. The van der Waals surface area contributed by atoms with Crippen molar-refractivity contribution in [3.05, 3.63) is 59.7 Å². The van der Waals surface area contributed by atoms with E-state index in [1.165, 1.54) is 11.1 Å². The minimum atomic E-state index is -0.859. The van der Waals surface area contributed by atoms with Crippen molar-refractivity contribution in [2.45, 2.75) is 44.6 Å². The lowest BCUT2D eigenvalue weighted by atomic mass is 9.98. The molecule has 1 atom stereocenters. The molecule has 174 valence electrons. The summed E-state index contributed by atoms with van der Waals surface area (Å²) in [6.45, 7) is 4.67. The Morgan fingerprint density at radius 2 is 1.67 bits per heavy atom. The maximum absolute atomic E-state index is 12.6. The molecule has 2 amide bonds. The SMILES string of the molecule is CC(C)(CCC(=O)N1CCC(C(=O)O)C1)NC(=O)OCC1c2ccccc2-c2ccccc21. The molecule has 1 unspecified atom stereocenters. The molecule has 1 heterocycles. The number of aliphatic carboxylic acids is 1. The second-order valence-corrected chi connectivity index (χ2v) is 9.50. The Morgan fingerprint density at radius 1 is 1.06 bits per heavy atom. The Labute approximate surface area is 193 Å². The Kier molecular flexibility index (Phi) is 6.40. The molecule has 0 aromatic heterocycles. The molecule has 1 aliphatic carbocycles. The van der Waals surface area contributed by atoms with Crippen LogP contribution in [-0.4, -0.2) is 53.2 Å². The molecule has 7 heteroatoms. The van der Waals surface area contributed by atoms with Crippen molar-refractivity contribution in [1.82, 2.24) is 10.2 Å². The molecule has 0 bridgehead atoms. The maximum atomic E-state index is 12.6. The van der Waals surface area contributed by atoms with Crippen LogP contribution >= 0.6 is 0 Å². The van der Waals surface area contributed by atoms with Crippen LogP contribution in [0.2, 0.25) is 0 Å². The molecule has 7 nitrogen and oxygen atoms in total. The lowest BCUT2D eigenvalue weighted by Gasteiger charge is -2.27. The molecule has 2 aromatic carbocycles. The number of benzene rings is 2. The van der Waals surface area contributed by atoms with Crippen LogP contribution in [-0.2, 0) is 14.3 Å². The standard InChI is InChI=1S/C26H30N2O5/c1-26(2,13-11-23(29)28-14-12-17(15-28)24(30)31)27-25(32)33-16-22-20-9-5-3-7-18(20)19-8-4-6-10-21(19)22/h3-10,17,22H,11-16H2,1-2H3,(H,27,32)(H,30,31). The highest BCUT2D eigenvalue weighted by Gasteiger charge is 2.32. The van der Waals surface area contributed by atoms with E-state index in [9.17, 15) is 14.4 Å². The van der Waals surface area contributed by atoms with Gasteiger partial charge in [-0.05, 0) is 48.9 Å². The number of alkyl carbamates (subject to hydrolysis) is 1. The fraction of sp³-hybridized carbons (Fsp3) is 0.423. The van der Waals surface area contributed by atoms with E-state index in [1.54, 1.807) is 4.90 Å². The van der Waals surface area contributed by atoms with Gasteiger partial charge in [-0.3, -0.25) is 9.59 Å². The van der Waals surface area contributed by atoms with Crippen LogP contribution in [0, 0.1) is 5.92 Å². The fourth-order valence-corrected chi connectivity index (χ4v) is 4.74. The van der Waals surface area contributed by atoms with Gasteiger partial charge >= 0.3 is 12.1 Å². The number of hydrogen-bond acceptors (Lipinski definition) is 4. The third-order valence-electron chi connectivity index (χ3n) is 6.64. The molecular formula is C26H30N2O5. The van der Waals surface area contributed by atoms with Crippen LogP contribution < -0.4 is 5.32 Å². The lowest BCUT2D eigenvalue weighted by Crippen LogP contribution is -2.45. The molecule has 2 aromatic rings. The number of nitrogens with zero attached hydrogens (tertiary/aromatic N) is 1. The van der Waals surface area contributed by atoms with E-state index in [0.717, 1.165) is 11.1 Å². The van der Waals surface area contributed by atoms with Crippen molar-refractivity contribution in [2.24, 2.45) is 5.92 Å². The van der Waals surface area contributed by atoms with Crippen molar-refractivity contribution in [1.29, 1.82) is 0 Å². The number of carboxylic acids is 1. The first-order valence-electron chi connectivity index (χ1n) is 11.4.